The van der Waals surface area contributed by atoms with E-state index in [0.29, 0.717) is 25.7 Å². The van der Waals surface area contributed by atoms with E-state index in [2.05, 4.69) is 32.9 Å². The number of phosphoric acid groups is 1. The highest BCUT2D eigenvalue weighted by molar-refractivity contribution is 7.47. The Morgan fingerprint density at radius 2 is 0.722 bits per heavy atom. The van der Waals surface area contributed by atoms with Crippen LogP contribution in [-0.4, -0.2) is 204 Å². The molecule has 18 unspecified atom stereocenters. The van der Waals surface area contributed by atoms with Gasteiger partial charge >= 0.3 is 25.7 Å². The largest absolute Gasteiger partial charge is 0.472 e. The molecule has 18 atom stereocenters. The van der Waals surface area contributed by atoms with Crippen molar-refractivity contribution in [2.45, 2.75) is 401 Å². The maximum absolute atomic E-state index is 14.3. The Balaban J connectivity index is 1.73. The smallest absolute Gasteiger partial charge is 0.463 e. The maximum atomic E-state index is 14.3. The quantitative estimate of drug-likeness (QED) is 0.00886. The van der Waals surface area contributed by atoms with Crippen molar-refractivity contribution in [1.82, 2.24) is 0 Å². The number of esters is 3. The lowest BCUT2D eigenvalue weighted by atomic mass is 9.84. The second-order valence-corrected chi connectivity index (χ2v) is 28.8. The first kappa shape index (κ1) is 88.9. The summed E-state index contributed by atoms with van der Waals surface area (Å²) in [5.41, 5.74) is 0. The van der Waals surface area contributed by atoms with Gasteiger partial charge in [0.2, 0.25) is 0 Å². The molecule has 0 aromatic heterocycles. The molecule has 1 saturated carbocycles. The molecule has 3 aliphatic rings. The van der Waals surface area contributed by atoms with E-state index in [0.717, 1.165) is 89.9 Å². The Labute approximate surface area is 580 Å². The second-order valence-electron chi connectivity index (χ2n) is 27.4. The maximum Gasteiger partial charge on any atom is 0.472 e. The monoisotopic (exact) mass is 1410 g/mol. The van der Waals surface area contributed by atoms with Gasteiger partial charge in [0.05, 0.1) is 13.2 Å². The number of rotatable bonds is 59. The SMILES string of the molecule is CCCCCCCC/C=C\CCCCCC(=O)OC(COC(=O)CCCCCCCCCCCCCCCC)COP(=O)(O)OC1C(OC2OC(CO)C(O)C(O)C2O)C(O)C(O)C(O)C1OC1OC(COC(=O)CCCCCCCCCCCCCCCCC)C(O)C(O)C1O. The predicted molar refractivity (Wildman–Crippen MR) is 365 cm³/mol. The number of carbonyl (C=O) groups excluding carboxylic acids is 3. The molecule has 0 aromatic rings. The van der Waals surface area contributed by atoms with Crippen LogP contribution in [0.1, 0.15) is 297 Å². The van der Waals surface area contributed by atoms with Crippen molar-refractivity contribution in [3.8, 4) is 0 Å². The first-order valence-electron chi connectivity index (χ1n) is 38.0. The molecule has 0 spiro atoms. The van der Waals surface area contributed by atoms with E-state index in [4.69, 9.17) is 42.2 Å². The van der Waals surface area contributed by atoms with Gasteiger partial charge < -0.3 is 89.1 Å². The summed E-state index contributed by atoms with van der Waals surface area (Å²) in [5.74, 6) is -2.00. The molecule has 25 heteroatoms. The molecule has 2 heterocycles. The third kappa shape index (κ3) is 37.6. The molecule has 0 bridgehead atoms. The van der Waals surface area contributed by atoms with Crippen LogP contribution in [0.5, 0.6) is 0 Å². The number of aliphatic hydroxyl groups is 10. The lowest BCUT2D eigenvalue weighted by Crippen LogP contribution is -2.69. The van der Waals surface area contributed by atoms with Crippen LogP contribution in [-0.2, 0) is 61.2 Å². The average Bonchev–Trinajstić information content (AvgIpc) is 0.764. The molecule has 24 nitrogen and oxygen atoms in total. The van der Waals surface area contributed by atoms with Crippen molar-refractivity contribution < 1.29 is 117 Å². The summed E-state index contributed by atoms with van der Waals surface area (Å²) >= 11 is 0. The van der Waals surface area contributed by atoms with Crippen molar-refractivity contribution in [2.24, 2.45) is 0 Å². The van der Waals surface area contributed by atoms with Crippen molar-refractivity contribution in [2.75, 3.05) is 26.4 Å². The van der Waals surface area contributed by atoms with E-state index in [1.165, 1.54) is 141 Å². The first-order chi connectivity index (χ1) is 46.8. The minimum absolute atomic E-state index is 0.0321. The van der Waals surface area contributed by atoms with Gasteiger partial charge in [0.1, 0.15) is 98.7 Å². The van der Waals surface area contributed by atoms with Crippen molar-refractivity contribution in [3.05, 3.63) is 12.2 Å². The number of hydrogen-bond acceptors (Lipinski definition) is 23. The van der Waals surface area contributed by atoms with Crippen LogP contribution in [0.25, 0.3) is 0 Å². The van der Waals surface area contributed by atoms with Gasteiger partial charge in [0, 0.05) is 19.3 Å². The van der Waals surface area contributed by atoms with Gasteiger partial charge in [-0.05, 0) is 44.9 Å². The van der Waals surface area contributed by atoms with E-state index in [1.54, 1.807) is 0 Å². The Kier molecular flexibility index (Phi) is 49.8. The molecule has 97 heavy (non-hydrogen) atoms. The molecule has 0 amide bonds. The van der Waals surface area contributed by atoms with E-state index in [1.807, 2.05) is 0 Å². The minimum Gasteiger partial charge on any atom is -0.463 e. The predicted octanol–water partition coefficient (Wildman–Crippen LogP) is 10.4. The van der Waals surface area contributed by atoms with Crippen LogP contribution in [0.15, 0.2) is 12.2 Å². The van der Waals surface area contributed by atoms with Crippen molar-refractivity contribution in [3.63, 3.8) is 0 Å². The van der Waals surface area contributed by atoms with E-state index >= 15 is 0 Å². The van der Waals surface area contributed by atoms with Crippen LogP contribution in [0.3, 0.4) is 0 Å². The van der Waals surface area contributed by atoms with Crippen molar-refractivity contribution >= 4 is 25.7 Å². The molecule has 3 rings (SSSR count). The molecule has 570 valence electrons. The van der Waals surface area contributed by atoms with E-state index in [-0.39, 0.29) is 19.3 Å². The highest BCUT2D eigenvalue weighted by atomic mass is 31.2. The number of ether oxygens (including phenoxy) is 7. The third-order valence-electron chi connectivity index (χ3n) is 18.8. The Bertz CT molecular complexity index is 2060. The highest BCUT2D eigenvalue weighted by Crippen LogP contribution is 2.49. The summed E-state index contributed by atoms with van der Waals surface area (Å²) in [6.07, 6.45) is 12.8. The zero-order valence-electron chi connectivity index (χ0n) is 59.4. The van der Waals surface area contributed by atoms with Crippen LogP contribution < -0.4 is 0 Å². The fourth-order valence-corrected chi connectivity index (χ4v) is 13.5. The van der Waals surface area contributed by atoms with Gasteiger partial charge in [-0.3, -0.25) is 23.4 Å². The Hall–Kier alpha value is -2.30. The van der Waals surface area contributed by atoms with Gasteiger partial charge in [-0.15, -0.1) is 0 Å². The number of unbranched alkanes of at least 4 members (excludes halogenated alkanes) is 36. The molecule has 0 aromatic carbocycles. The minimum atomic E-state index is -5.70. The standard InChI is InChI=1S/C72H133O24P/c1-4-7-10-13-16-19-22-25-27-30-32-35-38-41-44-47-57(75)89-52-55-60(78)62(80)67(85)72(93-55)95-69-65(83)63(81)64(82)68(94-71-66(84)61(79)59(77)54(49-73)92-71)70(69)96-97(86,87)90-51-53(91-58(76)48-45-42-39-36-33-28-24-21-18-15-12-9-6-3)50-88-56(74)46-43-40-37-34-31-29-26-23-20-17-14-11-8-5-2/h28,33,53-55,59-73,77-85H,4-27,29-32,34-52H2,1-3H3,(H,86,87)/b33-28-. The molecule has 2 aliphatic heterocycles. The van der Waals surface area contributed by atoms with Gasteiger partial charge in [0.25, 0.3) is 0 Å². The normalized spacial score (nSPS) is 27.8. The highest BCUT2D eigenvalue weighted by Gasteiger charge is 2.58. The van der Waals surface area contributed by atoms with E-state index < -0.39 is 156 Å². The average molecular weight is 1410 g/mol. The first-order valence-corrected chi connectivity index (χ1v) is 39.5. The lowest BCUT2D eigenvalue weighted by Gasteiger charge is -2.49. The zero-order valence-corrected chi connectivity index (χ0v) is 60.3. The Morgan fingerprint density at radius 3 is 1.12 bits per heavy atom. The summed E-state index contributed by atoms with van der Waals surface area (Å²) in [6.45, 7) is 3.44. The number of aliphatic hydroxyl groups excluding tert-OH is 10. The van der Waals surface area contributed by atoms with Gasteiger partial charge in [-0.25, -0.2) is 4.57 Å². The fraction of sp³-hybridized carbons (Fsp3) is 0.931. The summed E-state index contributed by atoms with van der Waals surface area (Å²) in [5, 5.41) is 110. The van der Waals surface area contributed by atoms with Crippen LogP contribution >= 0.6 is 7.82 Å². The zero-order chi connectivity index (χ0) is 71.1. The third-order valence-corrected chi connectivity index (χ3v) is 19.8. The summed E-state index contributed by atoms with van der Waals surface area (Å²) in [7, 11) is -5.70. The number of allylic oxidation sites excluding steroid dienone is 2. The molecule has 11 N–H and O–H groups in total. The van der Waals surface area contributed by atoms with E-state index in [9.17, 15) is 74.9 Å². The number of carbonyl (C=O) groups is 3. The fourth-order valence-electron chi connectivity index (χ4n) is 12.6. The summed E-state index contributed by atoms with van der Waals surface area (Å²) < 4.78 is 65.0. The molecule has 0 radical (unpaired) electrons. The number of phosphoric ester groups is 1. The molecule has 3 fully saturated rings. The second kappa shape index (κ2) is 54.4. The molecular formula is C72H133O24P. The summed E-state index contributed by atoms with van der Waals surface area (Å²) in [6, 6.07) is 0. The Morgan fingerprint density at radius 1 is 0.392 bits per heavy atom. The molecular weight excluding hydrogens is 1280 g/mol. The lowest BCUT2D eigenvalue weighted by molar-refractivity contribution is -0.360. The van der Waals surface area contributed by atoms with Crippen LogP contribution in [0, 0.1) is 0 Å². The number of hydrogen-bond donors (Lipinski definition) is 11. The van der Waals surface area contributed by atoms with Gasteiger partial charge in [-0.2, -0.15) is 0 Å². The van der Waals surface area contributed by atoms with Gasteiger partial charge in [-0.1, -0.05) is 245 Å². The van der Waals surface area contributed by atoms with Crippen LogP contribution in [0.4, 0.5) is 0 Å². The molecule has 2 saturated heterocycles. The van der Waals surface area contributed by atoms with Crippen molar-refractivity contribution in [1.29, 1.82) is 0 Å². The summed E-state index contributed by atoms with van der Waals surface area (Å²) in [4.78, 5) is 51.0. The molecule has 1 aliphatic carbocycles. The topological polar surface area (TPSA) is 374 Å². The van der Waals surface area contributed by atoms with Crippen LogP contribution in [0.2, 0.25) is 0 Å². The van der Waals surface area contributed by atoms with Gasteiger partial charge in [0.15, 0.2) is 18.7 Å².